The summed E-state index contributed by atoms with van der Waals surface area (Å²) >= 11 is 4.77. The first-order chi connectivity index (χ1) is 14.0. The Hall–Kier alpha value is -2.38. The van der Waals surface area contributed by atoms with Crippen LogP contribution < -0.4 is 10.2 Å². The van der Waals surface area contributed by atoms with Crippen molar-refractivity contribution in [2.24, 2.45) is 11.8 Å². The fraction of sp³-hybridized carbons (Fsp3) is 0.227. The molecule has 2 aromatic carbocycles. The van der Waals surface area contributed by atoms with Crippen LogP contribution in [0.25, 0.3) is 0 Å². The number of rotatable bonds is 5. The van der Waals surface area contributed by atoms with Gasteiger partial charge >= 0.3 is 0 Å². The minimum atomic E-state index is -0.233. The number of imide groups is 1. The van der Waals surface area contributed by atoms with Gasteiger partial charge in [-0.15, -0.1) is 11.8 Å². The molecule has 29 heavy (non-hydrogen) atoms. The molecule has 1 N–H and O–H groups in total. The number of amides is 3. The summed E-state index contributed by atoms with van der Waals surface area (Å²) in [5.74, 6) is -0.514. The van der Waals surface area contributed by atoms with E-state index in [4.69, 9.17) is 0 Å². The molecular weight excluding hydrogens is 452 g/mol. The van der Waals surface area contributed by atoms with Crippen LogP contribution in [0.4, 0.5) is 11.4 Å². The van der Waals surface area contributed by atoms with E-state index in [0.29, 0.717) is 18.5 Å². The Morgan fingerprint density at radius 1 is 0.966 bits per heavy atom. The zero-order chi connectivity index (χ0) is 20.4. The Bertz CT molecular complexity index is 947. The highest BCUT2D eigenvalue weighted by Gasteiger charge is 2.47. The lowest BCUT2D eigenvalue weighted by Gasteiger charge is -2.15. The molecule has 1 saturated heterocycles. The van der Waals surface area contributed by atoms with E-state index in [-0.39, 0.29) is 35.3 Å². The van der Waals surface area contributed by atoms with Crippen molar-refractivity contribution < 1.29 is 14.4 Å². The monoisotopic (exact) mass is 470 g/mol. The third-order valence-electron chi connectivity index (χ3n) is 5.10. The van der Waals surface area contributed by atoms with E-state index in [2.05, 4.69) is 21.2 Å². The zero-order valence-corrected chi connectivity index (χ0v) is 17.9. The lowest BCUT2D eigenvalue weighted by molar-refractivity contribution is -0.122. The standard InChI is InChI=1S/C22H19BrN2O3S/c23-14-5-7-15(8-6-14)24-20(26)13-29-17-11-9-16(10-12-17)25-21(27)18-3-1-2-4-19(18)22(25)28/h1-2,5-12,18-19H,3-4,13H2,(H,24,26). The molecule has 0 saturated carbocycles. The maximum atomic E-state index is 12.7. The second-order valence-corrected chi connectivity index (χ2v) is 8.97. The normalized spacial score (nSPS) is 20.7. The Labute approximate surface area is 181 Å². The molecule has 4 rings (SSSR count). The van der Waals surface area contributed by atoms with Crippen LogP contribution >= 0.6 is 27.7 Å². The molecule has 1 aliphatic heterocycles. The molecule has 5 nitrogen and oxygen atoms in total. The van der Waals surface area contributed by atoms with Gasteiger partial charge in [-0.3, -0.25) is 19.3 Å². The highest BCUT2D eigenvalue weighted by atomic mass is 79.9. The van der Waals surface area contributed by atoms with E-state index >= 15 is 0 Å². The smallest absolute Gasteiger partial charge is 0.238 e. The average molecular weight is 471 g/mol. The van der Waals surface area contributed by atoms with Gasteiger partial charge in [0.1, 0.15) is 0 Å². The van der Waals surface area contributed by atoms with Crippen LogP contribution in [-0.4, -0.2) is 23.5 Å². The van der Waals surface area contributed by atoms with Crippen molar-refractivity contribution in [3.05, 3.63) is 65.2 Å². The lowest BCUT2D eigenvalue weighted by atomic mass is 9.85. The van der Waals surface area contributed by atoms with Gasteiger partial charge in [-0.25, -0.2) is 0 Å². The van der Waals surface area contributed by atoms with Crippen molar-refractivity contribution in [2.45, 2.75) is 17.7 Å². The molecule has 0 bridgehead atoms. The first-order valence-electron chi connectivity index (χ1n) is 9.34. The molecule has 0 aromatic heterocycles. The van der Waals surface area contributed by atoms with Crippen LogP contribution in [0.5, 0.6) is 0 Å². The van der Waals surface area contributed by atoms with Gasteiger partial charge in [0.2, 0.25) is 17.7 Å². The van der Waals surface area contributed by atoms with E-state index in [1.807, 2.05) is 48.6 Å². The third kappa shape index (κ3) is 4.31. The topological polar surface area (TPSA) is 66.5 Å². The quantitative estimate of drug-likeness (QED) is 0.392. The van der Waals surface area contributed by atoms with Crippen LogP contribution in [0, 0.1) is 11.8 Å². The first-order valence-corrected chi connectivity index (χ1v) is 11.1. The molecule has 2 atom stereocenters. The van der Waals surface area contributed by atoms with Gasteiger partial charge in [0, 0.05) is 15.1 Å². The van der Waals surface area contributed by atoms with Gasteiger partial charge in [0.25, 0.3) is 0 Å². The van der Waals surface area contributed by atoms with Crippen molar-refractivity contribution in [3.8, 4) is 0 Å². The summed E-state index contributed by atoms with van der Waals surface area (Å²) in [6.07, 6.45) is 5.23. The number of carbonyl (C=O) groups excluding carboxylic acids is 3. The van der Waals surface area contributed by atoms with Gasteiger partial charge in [0.05, 0.1) is 23.3 Å². The highest BCUT2D eigenvalue weighted by Crippen LogP contribution is 2.38. The van der Waals surface area contributed by atoms with E-state index in [0.717, 1.165) is 15.1 Å². The predicted octanol–water partition coefficient (Wildman–Crippen LogP) is 4.64. The number of hydrogen-bond acceptors (Lipinski definition) is 4. The number of halogens is 1. The molecule has 1 fully saturated rings. The van der Waals surface area contributed by atoms with Crippen LogP contribution in [0.3, 0.4) is 0 Å². The summed E-state index contributed by atoms with van der Waals surface area (Å²) in [6.45, 7) is 0. The predicted molar refractivity (Wildman–Crippen MR) is 118 cm³/mol. The van der Waals surface area contributed by atoms with Crippen molar-refractivity contribution >= 4 is 56.8 Å². The summed E-state index contributed by atoms with van der Waals surface area (Å²) in [5, 5.41) is 2.85. The van der Waals surface area contributed by atoms with Crippen molar-refractivity contribution in [1.29, 1.82) is 0 Å². The molecule has 1 heterocycles. The average Bonchev–Trinajstić information content (AvgIpc) is 2.99. The Morgan fingerprint density at radius 2 is 1.55 bits per heavy atom. The third-order valence-corrected chi connectivity index (χ3v) is 6.64. The maximum absolute atomic E-state index is 12.7. The van der Waals surface area contributed by atoms with E-state index < -0.39 is 0 Å². The number of anilines is 2. The molecular formula is C22H19BrN2O3S. The van der Waals surface area contributed by atoms with Crippen molar-refractivity contribution in [2.75, 3.05) is 16.0 Å². The fourth-order valence-corrected chi connectivity index (χ4v) is 4.59. The maximum Gasteiger partial charge on any atom is 0.238 e. The van der Waals surface area contributed by atoms with Gasteiger partial charge in [-0.05, 0) is 61.4 Å². The molecule has 2 aliphatic rings. The second kappa shape index (κ2) is 8.55. The van der Waals surface area contributed by atoms with Gasteiger partial charge in [0.15, 0.2) is 0 Å². The van der Waals surface area contributed by atoms with Crippen LogP contribution in [0.1, 0.15) is 12.8 Å². The highest BCUT2D eigenvalue weighted by molar-refractivity contribution is 9.10. The summed E-state index contributed by atoms with van der Waals surface area (Å²) in [5.41, 5.74) is 1.34. The van der Waals surface area contributed by atoms with Gasteiger partial charge in [-0.2, -0.15) is 0 Å². The van der Waals surface area contributed by atoms with Crippen LogP contribution in [0.2, 0.25) is 0 Å². The SMILES string of the molecule is O=C(CSc1ccc(N2C(=O)C3CC=CCC3C2=O)cc1)Nc1ccc(Br)cc1. The molecule has 2 aromatic rings. The summed E-state index contributed by atoms with van der Waals surface area (Å²) < 4.78 is 0.954. The number of benzene rings is 2. The molecule has 148 valence electrons. The number of fused-ring (bicyclic) bond motifs is 1. The lowest BCUT2D eigenvalue weighted by Crippen LogP contribution is -2.30. The summed E-state index contributed by atoms with van der Waals surface area (Å²) in [4.78, 5) is 39.7. The number of nitrogens with zero attached hydrogens (tertiary/aromatic N) is 1. The number of nitrogens with one attached hydrogen (secondary N) is 1. The number of carbonyl (C=O) groups is 3. The summed E-state index contributed by atoms with van der Waals surface area (Å²) in [7, 11) is 0. The van der Waals surface area contributed by atoms with E-state index in [1.54, 1.807) is 12.1 Å². The molecule has 3 amide bonds. The number of hydrogen-bond donors (Lipinski definition) is 1. The minimum Gasteiger partial charge on any atom is -0.325 e. The fourth-order valence-electron chi connectivity index (χ4n) is 3.63. The number of allylic oxidation sites excluding steroid dienone is 2. The Balaban J connectivity index is 1.36. The Morgan fingerprint density at radius 3 is 2.14 bits per heavy atom. The van der Waals surface area contributed by atoms with Crippen LogP contribution in [0.15, 0.2) is 70.1 Å². The van der Waals surface area contributed by atoms with Gasteiger partial charge < -0.3 is 5.32 Å². The van der Waals surface area contributed by atoms with Crippen molar-refractivity contribution in [3.63, 3.8) is 0 Å². The van der Waals surface area contributed by atoms with Crippen LogP contribution in [-0.2, 0) is 14.4 Å². The molecule has 0 spiro atoms. The molecule has 1 aliphatic carbocycles. The van der Waals surface area contributed by atoms with E-state index in [1.165, 1.54) is 16.7 Å². The molecule has 0 radical (unpaired) electrons. The minimum absolute atomic E-state index is 0.0946. The zero-order valence-electron chi connectivity index (χ0n) is 15.5. The largest absolute Gasteiger partial charge is 0.325 e. The number of thioether (sulfide) groups is 1. The Kier molecular flexibility index (Phi) is 5.87. The van der Waals surface area contributed by atoms with E-state index in [9.17, 15) is 14.4 Å². The second-order valence-electron chi connectivity index (χ2n) is 7.01. The molecule has 7 heteroatoms. The summed E-state index contributed by atoms with van der Waals surface area (Å²) in [6, 6.07) is 14.6. The first kappa shape index (κ1) is 19.9. The molecule has 2 unspecified atom stereocenters. The van der Waals surface area contributed by atoms with Gasteiger partial charge in [-0.1, -0.05) is 28.1 Å². The van der Waals surface area contributed by atoms with Crippen molar-refractivity contribution in [1.82, 2.24) is 0 Å².